The number of hydrogen-bond acceptors (Lipinski definition) is 3. The highest BCUT2D eigenvalue weighted by Crippen LogP contribution is 2.28. The van der Waals surface area contributed by atoms with E-state index in [0.29, 0.717) is 22.3 Å². The fourth-order valence-electron chi connectivity index (χ4n) is 1.73. The lowest BCUT2D eigenvalue weighted by Crippen LogP contribution is -1.99. The van der Waals surface area contributed by atoms with Crippen LogP contribution < -0.4 is 5.32 Å². The van der Waals surface area contributed by atoms with Crippen molar-refractivity contribution in [2.24, 2.45) is 0 Å². The smallest absolute Gasteiger partial charge is 0.150 e. The van der Waals surface area contributed by atoms with Crippen molar-refractivity contribution < 1.29 is 9.13 Å². The number of rotatable bonds is 3. The van der Waals surface area contributed by atoms with Gasteiger partial charge >= 0.3 is 0 Å². The van der Waals surface area contributed by atoms with Crippen molar-refractivity contribution in [3.63, 3.8) is 0 Å². The minimum absolute atomic E-state index is 0.344. The van der Waals surface area contributed by atoms with E-state index in [9.17, 15) is 4.39 Å². The van der Waals surface area contributed by atoms with Crippen molar-refractivity contribution >= 4 is 32.5 Å². The van der Waals surface area contributed by atoms with E-state index < -0.39 is 0 Å². The lowest BCUT2D eigenvalue weighted by Gasteiger charge is -2.10. The Hall–Kier alpha value is -1.20. The Morgan fingerprint density at radius 1 is 1.41 bits per heavy atom. The maximum absolute atomic E-state index is 13.8. The quantitative estimate of drug-likeness (QED) is 0.944. The predicted octanol–water partition coefficient (Wildman–Crippen LogP) is 3.32. The SMILES string of the molecule is CNc1cc(COC)nc2c(F)cc(Br)cc12. The summed E-state index contributed by atoms with van der Waals surface area (Å²) in [5.74, 6) is -0.344. The second-order valence-corrected chi connectivity index (χ2v) is 4.54. The molecule has 0 aliphatic heterocycles. The molecule has 0 saturated heterocycles. The average molecular weight is 299 g/mol. The Balaban J connectivity index is 2.73. The number of ether oxygens (including phenoxy) is 1. The molecule has 0 saturated carbocycles. The molecule has 1 aromatic heterocycles. The van der Waals surface area contributed by atoms with E-state index in [0.717, 1.165) is 11.1 Å². The first kappa shape index (κ1) is 12.3. The van der Waals surface area contributed by atoms with Crippen molar-refractivity contribution in [2.75, 3.05) is 19.5 Å². The van der Waals surface area contributed by atoms with Gasteiger partial charge in [-0.3, -0.25) is 0 Å². The molecule has 0 aliphatic rings. The number of pyridine rings is 1. The minimum atomic E-state index is -0.344. The maximum Gasteiger partial charge on any atom is 0.150 e. The van der Waals surface area contributed by atoms with Crippen molar-refractivity contribution in [3.05, 3.63) is 34.2 Å². The van der Waals surface area contributed by atoms with Gasteiger partial charge in [0.15, 0.2) is 5.82 Å². The molecule has 2 rings (SSSR count). The summed E-state index contributed by atoms with van der Waals surface area (Å²) in [4.78, 5) is 4.25. The number of methoxy groups -OCH3 is 1. The van der Waals surface area contributed by atoms with Gasteiger partial charge in [-0.25, -0.2) is 9.37 Å². The summed E-state index contributed by atoms with van der Waals surface area (Å²) in [6, 6.07) is 5.11. The van der Waals surface area contributed by atoms with Gasteiger partial charge in [0.25, 0.3) is 0 Å². The van der Waals surface area contributed by atoms with E-state index in [1.54, 1.807) is 14.2 Å². The van der Waals surface area contributed by atoms with Crippen LogP contribution in [0.15, 0.2) is 22.7 Å². The molecular weight excluding hydrogens is 287 g/mol. The van der Waals surface area contributed by atoms with Gasteiger partial charge in [0.05, 0.1) is 12.3 Å². The molecule has 0 spiro atoms. The third-order valence-corrected chi connectivity index (χ3v) is 2.90. The van der Waals surface area contributed by atoms with E-state index in [2.05, 4.69) is 26.2 Å². The Morgan fingerprint density at radius 3 is 2.82 bits per heavy atom. The molecule has 17 heavy (non-hydrogen) atoms. The molecule has 0 unspecified atom stereocenters. The summed E-state index contributed by atoms with van der Waals surface area (Å²) in [6.45, 7) is 0.361. The fraction of sp³-hybridized carbons (Fsp3) is 0.250. The highest BCUT2D eigenvalue weighted by molar-refractivity contribution is 9.10. The summed E-state index contributed by atoms with van der Waals surface area (Å²) in [6.07, 6.45) is 0. The van der Waals surface area contributed by atoms with Crippen LogP contribution in [0.3, 0.4) is 0 Å². The van der Waals surface area contributed by atoms with Crippen LogP contribution in [0.1, 0.15) is 5.69 Å². The molecule has 1 N–H and O–H groups in total. The van der Waals surface area contributed by atoms with Crippen molar-refractivity contribution in [3.8, 4) is 0 Å². The summed E-state index contributed by atoms with van der Waals surface area (Å²) in [7, 11) is 3.38. The number of halogens is 2. The van der Waals surface area contributed by atoms with Crippen LogP contribution in [0.5, 0.6) is 0 Å². The summed E-state index contributed by atoms with van der Waals surface area (Å²) < 4.78 is 19.5. The third kappa shape index (κ3) is 2.40. The standard InChI is InChI=1S/C12H12BrFN2O/c1-15-11-5-8(6-17-2)16-12-9(11)3-7(13)4-10(12)14/h3-5H,6H2,1-2H3,(H,15,16). The minimum Gasteiger partial charge on any atom is -0.388 e. The van der Waals surface area contributed by atoms with E-state index >= 15 is 0 Å². The van der Waals surface area contributed by atoms with Crippen LogP contribution in [0, 0.1) is 5.82 Å². The zero-order valence-corrected chi connectivity index (χ0v) is 11.1. The van der Waals surface area contributed by atoms with Gasteiger partial charge in [-0.1, -0.05) is 15.9 Å². The average Bonchev–Trinajstić information content (AvgIpc) is 2.29. The lowest BCUT2D eigenvalue weighted by molar-refractivity contribution is 0.182. The van der Waals surface area contributed by atoms with E-state index in [1.165, 1.54) is 6.07 Å². The van der Waals surface area contributed by atoms with E-state index in [4.69, 9.17) is 4.74 Å². The van der Waals surface area contributed by atoms with Gasteiger partial charge in [-0.15, -0.1) is 0 Å². The largest absolute Gasteiger partial charge is 0.388 e. The molecule has 90 valence electrons. The third-order valence-electron chi connectivity index (χ3n) is 2.45. The van der Waals surface area contributed by atoms with Crippen molar-refractivity contribution in [2.45, 2.75) is 6.61 Å². The van der Waals surface area contributed by atoms with E-state index in [1.807, 2.05) is 12.1 Å². The number of nitrogens with one attached hydrogen (secondary N) is 1. The first-order valence-electron chi connectivity index (χ1n) is 5.11. The summed E-state index contributed by atoms with van der Waals surface area (Å²) >= 11 is 3.28. The van der Waals surface area contributed by atoms with Crippen LogP contribution in [-0.4, -0.2) is 19.1 Å². The first-order chi connectivity index (χ1) is 8.15. The van der Waals surface area contributed by atoms with Crippen LogP contribution in [0.4, 0.5) is 10.1 Å². The number of fused-ring (bicyclic) bond motifs is 1. The molecule has 0 aliphatic carbocycles. The first-order valence-corrected chi connectivity index (χ1v) is 5.90. The van der Waals surface area contributed by atoms with Gasteiger partial charge in [0.1, 0.15) is 5.52 Å². The normalized spacial score (nSPS) is 10.8. The molecule has 0 bridgehead atoms. The molecule has 1 aromatic carbocycles. The number of anilines is 1. The highest BCUT2D eigenvalue weighted by Gasteiger charge is 2.10. The number of nitrogens with zero attached hydrogens (tertiary/aromatic N) is 1. The molecule has 2 aromatic rings. The fourth-order valence-corrected chi connectivity index (χ4v) is 2.16. The Kier molecular flexibility index (Phi) is 3.59. The van der Waals surface area contributed by atoms with Gasteiger partial charge < -0.3 is 10.1 Å². The highest BCUT2D eigenvalue weighted by atomic mass is 79.9. The molecular formula is C12H12BrFN2O. The molecule has 1 heterocycles. The summed E-state index contributed by atoms with van der Waals surface area (Å²) in [5.41, 5.74) is 1.89. The maximum atomic E-state index is 13.8. The Morgan fingerprint density at radius 2 is 2.18 bits per heavy atom. The predicted molar refractivity (Wildman–Crippen MR) is 69.7 cm³/mol. The Labute approximate surface area is 107 Å². The van der Waals surface area contributed by atoms with Gasteiger partial charge in [-0.05, 0) is 18.2 Å². The number of aromatic nitrogens is 1. The molecule has 3 nitrogen and oxygen atoms in total. The van der Waals surface area contributed by atoms with Crippen LogP contribution in [0.2, 0.25) is 0 Å². The number of benzene rings is 1. The second kappa shape index (κ2) is 4.98. The van der Waals surface area contributed by atoms with Crippen LogP contribution >= 0.6 is 15.9 Å². The van der Waals surface area contributed by atoms with Crippen molar-refractivity contribution in [1.82, 2.24) is 4.98 Å². The molecule has 0 fully saturated rings. The Bertz CT molecular complexity index is 560. The van der Waals surface area contributed by atoms with Gasteiger partial charge in [0, 0.05) is 29.7 Å². The van der Waals surface area contributed by atoms with Gasteiger partial charge in [0.2, 0.25) is 0 Å². The molecule has 0 amide bonds. The lowest BCUT2D eigenvalue weighted by atomic mass is 10.1. The second-order valence-electron chi connectivity index (χ2n) is 3.63. The van der Waals surface area contributed by atoms with Crippen molar-refractivity contribution in [1.29, 1.82) is 0 Å². The molecule has 5 heteroatoms. The molecule has 0 radical (unpaired) electrons. The van der Waals surface area contributed by atoms with Gasteiger partial charge in [-0.2, -0.15) is 0 Å². The zero-order chi connectivity index (χ0) is 12.4. The number of hydrogen-bond donors (Lipinski definition) is 1. The monoisotopic (exact) mass is 298 g/mol. The van der Waals surface area contributed by atoms with Crippen LogP contribution in [-0.2, 0) is 11.3 Å². The zero-order valence-electron chi connectivity index (χ0n) is 9.55. The molecule has 0 atom stereocenters. The topological polar surface area (TPSA) is 34.1 Å². The van der Waals surface area contributed by atoms with E-state index in [-0.39, 0.29) is 5.82 Å². The summed E-state index contributed by atoms with van der Waals surface area (Å²) in [5, 5.41) is 3.79. The van der Waals surface area contributed by atoms with Crippen LogP contribution in [0.25, 0.3) is 10.9 Å².